The van der Waals surface area contributed by atoms with Crippen LogP contribution < -0.4 is 5.32 Å². The van der Waals surface area contributed by atoms with Gasteiger partial charge in [-0.1, -0.05) is 59.8 Å². The van der Waals surface area contributed by atoms with Gasteiger partial charge >= 0.3 is 0 Å². The molecule has 0 atom stereocenters. The van der Waals surface area contributed by atoms with Crippen molar-refractivity contribution < 1.29 is 4.79 Å². The third-order valence-electron chi connectivity index (χ3n) is 4.38. The monoisotopic (exact) mass is 422 g/mol. The fourth-order valence-corrected chi connectivity index (χ4v) is 3.99. The van der Waals surface area contributed by atoms with E-state index in [0.29, 0.717) is 18.1 Å². The van der Waals surface area contributed by atoms with Crippen molar-refractivity contribution in [3.8, 4) is 0 Å². The number of hydrogen-bond donors (Lipinski definition) is 1. The Hall–Kier alpha value is -2.83. The largest absolute Gasteiger partial charge is 0.350 e. The maximum atomic E-state index is 12.3. The second-order valence-corrected chi connectivity index (χ2v) is 7.86. The zero-order chi connectivity index (χ0) is 20.1. The summed E-state index contributed by atoms with van der Waals surface area (Å²) in [5.41, 5.74) is 3.82. The van der Waals surface area contributed by atoms with Crippen molar-refractivity contribution in [1.82, 2.24) is 19.9 Å². The molecule has 0 unspecified atom stereocenters. The summed E-state index contributed by atoms with van der Waals surface area (Å²) in [7, 11) is 0. The lowest BCUT2D eigenvalue weighted by molar-refractivity contribution is -0.118. The number of rotatable bonds is 7. The fraction of sp³-hybridized carbons (Fsp3) is 0.136. The van der Waals surface area contributed by atoms with Crippen molar-refractivity contribution in [3.05, 3.63) is 89.2 Å². The summed E-state index contributed by atoms with van der Waals surface area (Å²) in [6.07, 6.45) is 1.72. The number of carbonyl (C=O) groups is 1. The van der Waals surface area contributed by atoms with Crippen LogP contribution in [0.4, 0.5) is 0 Å². The minimum absolute atomic E-state index is 0.0583. The molecule has 0 bridgehead atoms. The Morgan fingerprint density at radius 1 is 1.07 bits per heavy atom. The van der Waals surface area contributed by atoms with Gasteiger partial charge in [0.2, 0.25) is 5.91 Å². The van der Waals surface area contributed by atoms with Crippen LogP contribution in [-0.4, -0.2) is 26.2 Å². The normalized spacial score (nSPS) is 10.9. The van der Waals surface area contributed by atoms with Crippen LogP contribution in [0.3, 0.4) is 0 Å². The predicted molar refractivity (Wildman–Crippen MR) is 117 cm³/mol. The number of pyridine rings is 1. The summed E-state index contributed by atoms with van der Waals surface area (Å²) in [5.74, 6) is 0.218. The standard InChI is InChI=1S/C22H19ClN4OS/c23-17-9-10-20-19(12-17)26-22(27(20)14-16-6-2-1-3-7-16)29-15-21(28)25-13-18-8-4-5-11-24-18/h1-12H,13-15H2,(H,25,28). The quantitative estimate of drug-likeness (QED) is 0.444. The molecule has 7 heteroatoms. The van der Waals surface area contributed by atoms with Gasteiger partial charge in [0.15, 0.2) is 5.16 Å². The number of hydrogen-bond acceptors (Lipinski definition) is 4. The van der Waals surface area contributed by atoms with Gasteiger partial charge in [-0.3, -0.25) is 9.78 Å². The van der Waals surface area contributed by atoms with Gasteiger partial charge in [-0.25, -0.2) is 4.98 Å². The number of carbonyl (C=O) groups excluding carboxylic acids is 1. The average molecular weight is 423 g/mol. The first kappa shape index (κ1) is 19.5. The molecule has 0 aliphatic rings. The zero-order valence-corrected chi connectivity index (χ0v) is 17.2. The van der Waals surface area contributed by atoms with E-state index < -0.39 is 0 Å². The molecule has 0 aliphatic carbocycles. The van der Waals surface area contributed by atoms with Gasteiger partial charge in [-0.15, -0.1) is 0 Å². The number of thioether (sulfide) groups is 1. The zero-order valence-electron chi connectivity index (χ0n) is 15.6. The summed E-state index contributed by atoms with van der Waals surface area (Å²) >= 11 is 7.56. The summed E-state index contributed by atoms with van der Waals surface area (Å²) < 4.78 is 2.12. The number of benzene rings is 2. The van der Waals surface area contributed by atoms with E-state index in [4.69, 9.17) is 16.6 Å². The molecule has 0 saturated carbocycles. The molecule has 4 aromatic rings. The maximum absolute atomic E-state index is 12.3. The van der Waals surface area contributed by atoms with E-state index in [1.165, 1.54) is 17.3 Å². The Bertz CT molecular complexity index is 1120. The SMILES string of the molecule is O=C(CSc1nc2cc(Cl)ccc2n1Cc1ccccc1)NCc1ccccn1. The molecular weight excluding hydrogens is 404 g/mol. The van der Waals surface area contributed by atoms with Gasteiger partial charge in [-0.2, -0.15) is 0 Å². The molecule has 1 N–H and O–H groups in total. The van der Waals surface area contributed by atoms with Crippen LogP contribution in [0.2, 0.25) is 5.02 Å². The van der Waals surface area contributed by atoms with E-state index in [1.807, 2.05) is 54.6 Å². The molecule has 2 heterocycles. The van der Waals surface area contributed by atoms with Gasteiger partial charge < -0.3 is 9.88 Å². The van der Waals surface area contributed by atoms with Crippen LogP contribution in [-0.2, 0) is 17.9 Å². The van der Waals surface area contributed by atoms with Gasteiger partial charge in [0.25, 0.3) is 0 Å². The summed E-state index contributed by atoms with van der Waals surface area (Å²) in [6, 6.07) is 21.5. The van der Waals surface area contributed by atoms with Gasteiger partial charge in [0, 0.05) is 11.2 Å². The third-order valence-corrected chi connectivity index (χ3v) is 5.60. The van der Waals surface area contributed by atoms with E-state index in [-0.39, 0.29) is 11.7 Å². The molecule has 29 heavy (non-hydrogen) atoms. The lowest BCUT2D eigenvalue weighted by Gasteiger charge is -2.09. The van der Waals surface area contributed by atoms with Crippen LogP contribution in [0.25, 0.3) is 11.0 Å². The van der Waals surface area contributed by atoms with Crippen molar-refractivity contribution in [2.75, 3.05) is 5.75 Å². The minimum Gasteiger partial charge on any atom is -0.350 e. The highest BCUT2D eigenvalue weighted by Gasteiger charge is 2.14. The van der Waals surface area contributed by atoms with Gasteiger partial charge in [0.05, 0.1) is 35.6 Å². The van der Waals surface area contributed by atoms with E-state index in [2.05, 4.69) is 27.0 Å². The molecule has 0 fully saturated rings. The van der Waals surface area contributed by atoms with Crippen LogP contribution in [0.1, 0.15) is 11.3 Å². The molecule has 0 aliphatic heterocycles. The maximum Gasteiger partial charge on any atom is 0.230 e. The first-order valence-electron chi connectivity index (χ1n) is 9.18. The fourth-order valence-electron chi connectivity index (χ4n) is 2.98. The molecule has 0 radical (unpaired) electrons. The summed E-state index contributed by atoms with van der Waals surface area (Å²) in [5, 5.41) is 4.34. The van der Waals surface area contributed by atoms with Crippen molar-refractivity contribution in [1.29, 1.82) is 0 Å². The lowest BCUT2D eigenvalue weighted by atomic mass is 10.2. The van der Waals surface area contributed by atoms with Crippen molar-refractivity contribution >= 4 is 40.3 Å². The molecule has 4 rings (SSSR count). The Kier molecular flexibility index (Phi) is 6.12. The number of halogens is 1. The highest BCUT2D eigenvalue weighted by Crippen LogP contribution is 2.27. The molecule has 2 aromatic heterocycles. The smallest absolute Gasteiger partial charge is 0.230 e. The lowest BCUT2D eigenvalue weighted by Crippen LogP contribution is -2.25. The molecule has 2 aromatic carbocycles. The summed E-state index contributed by atoms with van der Waals surface area (Å²) in [6.45, 7) is 1.09. The van der Waals surface area contributed by atoms with E-state index in [1.54, 1.807) is 6.20 Å². The van der Waals surface area contributed by atoms with Crippen LogP contribution in [0, 0.1) is 0 Å². The molecule has 0 spiro atoms. The average Bonchev–Trinajstić information content (AvgIpc) is 3.08. The van der Waals surface area contributed by atoms with E-state index in [9.17, 15) is 4.79 Å². The highest BCUT2D eigenvalue weighted by molar-refractivity contribution is 7.99. The van der Waals surface area contributed by atoms with Gasteiger partial charge in [-0.05, 0) is 35.9 Å². The number of fused-ring (bicyclic) bond motifs is 1. The van der Waals surface area contributed by atoms with E-state index in [0.717, 1.165) is 21.9 Å². The Balaban J connectivity index is 1.50. The Morgan fingerprint density at radius 3 is 2.69 bits per heavy atom. The summed E-state index contributed by atoms with van der Waals surface area (Å²) in [4.78, 5) is 21.2. The minimum atomic E-state index is -0.0583. The number of amides is 1. The number of nitrogens with one attached hydrogen (secondary N) is 1. The van der Waals surface area contributed by atoms with Crippen LogP contribution >= 0.6 is 23.4 Å². The molecule has 1 amide bonds. The topological polar surface area (TPSA) is 59.8 Å². The van der Waals surface area contributed by atoms with Gasteiger partial charge in [0.1, 0.15) is 0 Å². The Labute approximate surface area is 178 Å². The highest BCUT2D eigenvalue weighted by atomic mass is 35.5. The second-order valence-electron chi connectivity index (χ2n) is 6.49. The Morgan fingerprint density at radius 2 is 1.90 bits per heavy atom. The van der Waals surface area contributed by atoms with Crippen molar-refractivity contribution in [2.45, 2.75) is 18.2 Å². The first-order chi connectivity index (χ1) is 14.2. The van der Waals surface area contributed by atoms with E-state index >= 15 is 0 Å². The van der Waals surface area contributed by atoms with Crippen molar-refractivity contribution in [3.63, 3.8) is 0 Å². The van der Waals surface area contributed by atoms with Crippen LogP contribution in [0.5, 0.6) is 0 Å². The number of nitrogens with zero attached hydrogens (tertiary/aromatic N) is 3. The third kappa shape index (κ3) is 4.96. The molecular formula is C22H19ClN4OS. The van der Waals surface area contributed by atoms with Crippen LogP contribution in [0.15, 0.2) is 78.1 Å². The van der Waals surface area contributed by atoms with Crippen molar-refractivity contribution in [2.24, 2.45) is 0 Å². The molecule has 5 nitrogen and oxygen atoms in total. The molecule has 0 saturated heterocycles. The number of aromatic nitrogens is 3. The first-order valence-corrected chi connectivity index (χ1v) is 10.5. The second kappa shape index (κ2) is 9.11. The molecule has 146 valence electrons. The predicted octanol–water partition coefficient (Wildman–Crippen LogP) is 4.54. The number of imidazole rings is 1.